The van der Waals surface area contributed by atoms with E-state index in [4.69, 9.17) is 5.26 Å². The molecule has 0 atom stereocenters. The van der Waals surface area contributed by atoms with Gasteiger partial charge in [-0.1, -0.05) is 6.58 Å². The van der Waals surface area contributed by atoms with Gasteiger partial charge in [-0.3, -0.25) is 0 Å². The first kappa shape index (κ1) is 4.29. The summed E-state index contributed by atoms with van der Waals surface area (Å²) in [6.07, 6.45) is 0. The topological polar surface area (TPSA) is 23.8 Å². The van der Waals surface area contributed by atoms with Crippen molar-refractivity contribution in [3.8, 4) is 6.07 Å². The van der Waals surface area contributed by atoms with Gasteiger partial charge in [-0.15, -0.1) is 0 Å². The standard InChI is InChI=1S/C3H4BN/c1-3(4)2-5/h1,4H2. The summed E-state index contributed by atoms with van der Waals surface area (Å²) in [4.78, 5) is 0. The Hall–Kier alpha value is -0.705. The van der Waals surface area contributed by atoms with Crippen LogP contribution < -0.4 is 0 Å². The number of hydrogen-bond donors (Lipinski definition) is 0. The highest BCUT2D eigenvalue weighted by Crippen LogP contribution is 1.66. The summed E-state index contributed by atoms with van der Waals surface area (Å²) < 4.78 is 0. The maximum Gasteiger partial charge on any atom is 0.152 e. The first-order valence-electron chi connectivity index (χ1n) is 1.33. The summed E-state index contributed by atoms with van der Waals surface area (Å²) in [7, 11) is 1.67. The minimum absolute atomic E-state index is 0.560. The molecule has 0 bridgehead atoms. The van der Waals surface area contributed by atoms with Crippen LogP contribution in [-0.4, -0.2) is 7.85 Å². The van der Waals surface area contributed by atoms with Gasteiger partial charge in [0.15, 0.2) is 7.85 Å². The SMILES string of the molecule is BC(=C)C#N. The molecule has 0 rings (SSSR count). The average Bonchev–Trinajstić information content (AvgIpc) is 1.38. The molecule has 0 saturated heterocycles. The molecule has 0 aromatic carbocycles. The zero-order valence-electron chi connectivity index (χ0n) is 3.15. The Morgan fingerprint density at radius 2 is 2.20 bits per heavy atom. The summed E-state index contributed by atoms with van der Waals surface area (Å²) in [6.45, 7) is 3.31. The second-order valence-electron chi connectivity index (χ2n) is 0.892. The summed E-state index contributed by atoms with van der Waals surface area (Å²) in [5.74, 6) is 0. The summed E-state index contributed by atoms with van der Waals surface area (Å²) >= 11 is 0. The number of hydrogen-bond acceptors (Lipinski definition) is 1. The van der Waals surface area contributed by atoms with Gasteiger partial charge in [0.05, 0.1) is 6.07 Å². The van der Waals surface area contributed by atoms with Crippen molar-refractivity contribution in [1.82, 2.24) is 0 Å². The van der Waals surface area contributed by atoms with Crippen LogP contribution in [-0.2, 0) is 0 Å². The van der Waals surface area contributed by atoms with Crippen LogP contribution in [0, 0.1) is 11.3 Å². The fourth-order valence-electron chi connectivity index (χ4n) is 0. The van der Waals surface area contributed by atoms with Gasteiger partial charge >= 0.3 is 0 Å². The molecule has 0 aliphatic heterocycles. The highest BCUT2D eigenvalue weighted by Gasteiger charge is 1.65. The fraction of sp³-hybridized carbons (Fsp3) is 0. The van der Waals surface area contributed by atoms with Crippen LogP contribution in [0.15, 0.2) is 12.1 Å². The molecule has 0 aromatic heterocycles. The number of nitrogens with zero attached hydrogens (tertiary/aromatic N) is 1. The van der Waals surface area contributed by atoms with E-state index < -0.39 is 0 Å². The van der Waals surface area contributed by atoms with E-state index in [0.717, 1.165) is 0 Å². The maximum absolute atomic E-state index is 7.79. The Balaban J connectivity index is 3.35. The van der Waals surface area contributed by atoms with Crippen molar-refractivity contribution in [2.45, 2.75) is 0 Å². The predicted octanol–water partition coefficient (Wildman–Crippen LogP) is -0.343. The smallest absolute Gasteiger partial charge is 0.152 e. The van der Waals surface area contributed by atoms with Crippen molar-refractivity contribution in [3.05, 3.63) is 12.1 Å². The van der Waals surface area contributed by atoms with Crippen molar-refractivity contribution in [3.63, 3.8) is 0 Å². The van der Waals surface area contributed by atoms with E-state index in [-0.39, 0.29) is 0 Å². The molecule has 0 saturated carbocycles. The molecule has 2 heteroatoms. The van der Waals surface area contributed by atoms with Gasteiger partial charge in [-0.25, -0.2) is 0 Å². The van der Waals surface area contributed by atoms with Crippen molar-refractivity contribution in [2.75, 3.05) is 0 Å². The molecule has 0 aliphatic rings. The van der Waals surface area contributed by atoms with Gasteiger partial charge in [-0.2, -0.15) is 5.26 Å². The Labute approximate surface area is 32.3 Å². The Bertz CT molecular complexity index is 79.4. The fourth-order valence-corrected chi connectivity index (χ4v) is 0. The lowest BCUT2D eigenvalue weighted by Gasteiger charge is -1.61. The lowest BCUT2D eigenvalue weighted by molar-refractivity contribution is 1.53. The zero-order valence-corrected chi connectivity index (χ0v) is 3.15. The quantitative estimate of drug-likeness (QED) is 0.279. The molecule has 0 spiro atoms. The lowest BCUT2D eigenvalue weighted by atomic mass is 10.0. The summed E-state index contributed by atoms with van der Waals surface area (Å²) in [6, 6.07) is 1.83. The van der Waals surface area contributed by atoms with Crippen molar-refractivity contribution < 1.29 is 0 Å². The largest absolute Gasteiger partial charge is 0.194 e. The third-order valence-corrected chi connectivity index (χ3v) is 0.191. The second kappa shape index (κ2) is 1.60. The zero-order chi connectivity index (χ0) is 4.28. The van der Waals surface area contributed by atoms with E-state index in [1.54, 1.807) is 7.85 Å². The molecule has 0 aliphatic carbocycles. The molecule has 0 N–H and O–H groups in total. The van der Waals surface area contributed by atoms with Gasteiger partial charge < -0.3 is 0 Å². The monoisotopic (exact) mass is 65.0 g/mol. The molecule has 24 valence electrons. The second-order valence-corrected chi connectivity index (χ2v) is 0.892. The van der Waals surface area contributed by atoms with Crippen LogP contribution in [0.1, 0.15) is 0 Å². The summed E-state index contributed by atoms with van der Waals surface area (Å²) in [5.41, 5.74) is 0.560. The Morgan fingerprint density at radius 1 is 2.00 bits per heavy atom. The molecule has 0 fully saturated rings. The van der Waals surface area contributed by atoms with E-state index in [0.29, 0.717) is 5.47 Å². The van der Waals surface area contributed by atoms with Crippen molar-refractivity contribution >= 4 is 7.85 Å². The molecule has 0 aromatic rings. The van der Waals surface area contributed by atoms with Gasteiger partial charge in [0, 0.05) is 0 Å². The molecule has 0 radical (unpaired) electrons. The van der Waals surface area contributed by atoms with Gasteiger partial charge in [0.25, 0.3) is 0 Å². The molecule has 5 heavy (non-hydrogen) atoms. The number of allylic oxidation sites excluding steroid dienone is 1. The highest BCUT2D eigenvalue weighted by molar-refractivity contribution is 6.23. The number of rotatable bonds is 0. The van der Waals surface area contributed by atoms with E-state index in [9.17, 15) is 0 Å². The van der Waals surface area contributed by atoms with E-state index in [2.05, 4.69) is 6.58 Å². The Morgan fingerprint density at radius 3 is 2.20 bits per heavy atom. The van der Waals surface area contributed by atoms with Crippen molar-refractivity contribution in [2.24, 2.45) is 0 Å². The van der Waals surface area contributed by atoms with Crippen LogP contribution in [0.3, 0.4) is 0 Å². The Kier molecular flexibility index (Phi) is 1.37. The van der Waals surface area contributed by atoms with Crippen LogP contribution in [0.25, 0.3) is 0 Å². The third-order valence-electron chi connectivity index (χ3n) is 0.191. The molecule has 0 unspecified atom stereocenters. The van der Waals surface area contributed by atoms with Crippen LogP contribution >= 0.6 is 0 Å². The average molecular weight is 64.9 g/mol. The van der Waals surface area contributed by atoms with E-state index in [1.807, 2.05) is 6.07 Å². The highest BCUT2D eigenvalue weighted by atomic mass is 14.2. The number of nitriles is 1. The molecule has 1 nitrogen and oxygen atoms in total. The van der Waals surface area contributed by atoms with E-state index in [1.165, 1.54) is 0 Å². The minimum Gasteiger partial charge on any atom is -0.194 e. The van der Waals surface area contributed by atoms with Gasteiger partial charge in [-0.05, 0) is 5.47 Å². The maximum atomic E-state index is 7.79. The molecular weight excluding hydrogens is 60.9 g/mol. The van der Waals surface area contributed by atoms with E-state index >= 15 is 0 Å². The van der Waals surface area contributed by atoms with Gasteiger partial charge in [0.1, 0.15) is 0 Å². The van der Waals surface area contributed by atoms with Crippen LogP contribution in [0.2, 0.25) is 0 Å². The first-order valence-corrected chi connectivity index (χ1v) is 1.33. The predicted molar refractivity (Wildman–Crippen MR) is 23.3 cm³/mol. The molecule has 0 heterocycles. The van der Waals surface area contributed by atoms with Crippen LogP contribution in [0.4, 0.5) is 0 Å². The normalized spacial score (nSPS) is 5.40. The lowest BCUT2D eigenvalue weighted by Crippen LogP contribution is -1.63. The molecular formula is C3H4BN. The molecule has 0 amide bonds. The summed E-state index contributed by atoms with van der Waals surface area (Å²) in [5, 5.41) is 7.79. The first-order chi connectivity index (χ1) is 2.27. The van der Waals surface area contributed by atoms with Gasteiger partial charge in [0.2, 0.25) is 0 Å². The van der Waals surface area contributed by atoms with Crippen LogP contribution in [0.5, 0.6) is 0 Å². The van der Waals surface area contributed by atoms with Crippen molar-refractivity contribution in [1.29, 1.82) is 5.26 Å². The third kappa shape index (κ3) is 3.29. The minimum atomic E-state index is 0.560.